The largest absolute Gasteiger partial charge is 0.497 e. The first kappa shape index (κ1) is 22.4. The number of benzene rings is 2. The number of methoxy groups -OCH3 is 1. The van der Waals surface area contributed by atoms with E-state index in [4.69, 9.17) is 4.74 Å². The number of sulfonamides is 1. The molecule has 1 heterocycles. The van der Waals surface area contributed by atoms with Gasteiger partial charge in [-0.15, -0.1) is 0 Å². The molecule has 1 fully saturated rings. The average Bonchev–Trinajstić information content (AvgIpc) is 3.40. The zero-order chi connectivity index (χ0) is 21.9. The van der Waals surface area contributed by atoms with E-state index in [1.807, 2.05) is 44.2 Å². The van der Waals surface area contributed by atoms with Crippen molar-refractivity contribution in [3.8, 4) is 5.75 Å². The summed E-state index contributed by atoms with van der Waals surface area (Å²) < 4.78 is 33.4. The summed E-state index contributed by atoms with van der Waals surface area (Å²) in [5.41, 5.74) is 1.14. The molecule has 1 amide bonds. The van der Waals surface area contributed by atoms with Gasteiger partial charge < -0.3 is 9.64 Å². The molecule has 1 aliphatic heterocycles. The van der Waals surface area contributed by atoms with Gasteiger partial charge in [-0.25, -0.2) is 8.42 Å². The zero-order valence-electron chi connectivity index (χ0n) is 18.0. The molecule has 0 saturated carbocycles. The molecule has 6 nitrogen and oxygen atoms in total. The van der Waals surface area contributed by atoms with Crippen LogP contribution in [-0.4, -0.2) is 63.6 Å². The Morgan fingerprint density at radius 1 is 1.10 bits per heavy atom. The van der Waals surface area contributed by atoms with Crippen molar-refractivity contribution < 1.29 is 17.9 Å². The predicted molar refractivity (Wildman–Crippen MR) is 120 cm³/mol. The Labute approximate surface area is 180 Å². The van der Waals surface area contributed by atoms with Crippen LogP contribution in [0, 0.1) is 5.92 Å². The molecule has 2 atom stereocenters. The van der Waals surface area contributed by atoms with E-state index >= 15 is 0 Å². The average molecular weight is 428 g/mol. The third-order valence-corrected chi connectivity index (χ3v) is 7.22. The van der Waals surface area contributed by atoms with Crippen molar-refractivity contribution in [1.82, 2.24) is 9.21 Å². The second-order valence-corrected chi connectivity index (χ2v) is 10.1. The standard InChI is InChI=1S/C22H29BN2O4S/c1-16(2)14-24(30(27,28)19-11-9-18(29-3)10-12-19)15-21-20(25(21)22(23)26)13-17-7-5-4-6-8-17/h4-12,16,20-21H,13-15,23H2,1-3H3/t20-,21-,25?/m1/s1. The lowest BCUT2D eigenvalue weighted by Crippen LogP contribution is -2.38. The van der Waals surface area contributed by atoms with Crippen LogP contribution in [0.4, 0.5) is 4.79 Å². The van der Waals surface area contributed by atoms with Crippen LogP contribution in [0.3, 0.4) is 0 Å². The van der Waals surface area contributed by atoms with Gasteiger partial charge in [-0.1, -0.05) is 44.2 Å². The smallest absolute Gasteiger partial charge is 0.243 e. The maximum absolute atomic E-state index is 13.4. The molecular formula is C22H29BN2O4S. The van der Waals surface area contributed by atoms with Crippen molar-refractivity contribution in [2.45, 2.75) is 37.2 Å². The summed E-state index contributed by atoms with van der Waals surface area (Å²) in [7, 11) is -0.591. The highest BCUT2D eigenvalue weighted by Crippen LogP contribution is 2.34. The van der Waals surface area contributed by atoms with E-state index in [0.29, 0.717) is 18.8 Å². The maximum Gasteiger partial charge on any atom is 0.243 e. The summed E-state index contributed by atoms with van der Waals surface area (Å²) in [5.74, 6) is 0.750. The van der Waals surface area contributed by atoms with Gasteiger partial charge in [0.2, 0.25) is 17.9 Å². The minimum absolute atomic E-state index is 0.0191. The normalized spacial score (nSPS) is 18.6. The first-order chi connectivity index (χ1) is 14.2. The predicted octanol–water partition coefficient (Wildman–Crippen LogP) is 2.39. The quantitative estimate of drug-likeness (QED) is 0.455. The van der Waals surface area contributed by atoms with E-state index in [0.717, 1.165) is 12.0 Å². The summed E-state index contributed by atoms with van der Waals surface area (Å²) in [6.07, 6.45) is 0.725. The monoisotopic (exact) mass is 428 g/mol. The molecule has 0 unspecified atom stereocenters. The fourth-order valence-corrected chi connectivity index (χ4v) is 5.51. The van der Waals surface area contributed by atoms with Crippen molar-refractivity contribution in [1.29, 1.82) is 0 Å². The van der Waals surface area contributed by atoms with Gasteiger partial charge in [0.1, 0.15) is 5.75 Å². The molecular weight excluding hydrogens is 399 g/mol. The molecule has 0 bridgehead atoms. The van der Waals surface area contributed by atoms with Crippen molar-refractivity contribution in [3.05, 3.63) is 60.2 Å². The third kappa shape index (κ3) is 5.05. The number of amides is 1. The first-order valence-electron chi connectivity index (χ1n) is 10.2. The van der Waals surface area contributed by atoms with Crippen molar-refractivity contribution in [2.24, 2.45) is 5.92 Å². The Bertz CT molecular complexity index is 964. The van der Waals surface area contributed by atoms with Crippen LogP contribution in [-0.2, 0) is 16.4 Å². The number of rotatable bonds is 9. The van der Waals surface area contributed by atoms with E-state index in [9.17, 15) is 13.2 Å². The van der Waals surface area contributed by atoms with Gasteiger partial charge in [0.05, 0.1) is 24.1 Å². The first-order valence-corrected chi connectivity index (χ1v) is 11.6. The molecule has 1 saturated heterocycles. The number of carbonyl (C=O) groups excluding carboxylic acids is 1. The Kier molecular flexibility index (Phi) is 6.88. The Balaban J connectivity index is 1.81. The molecule has 0 aromatic heterocycles. The van der Waals surface area contributed by atoms with Gasteiger partial charge >= 0.3 is 0 Å². The van der Waals surface area contributed by atoms with Gasteiger partial charge in [-0.05, 0) is 42.2 Å². The fraction of sp³-hybridized carbons (Fsp3) is 0.409. The zero-order valence-corrected chi connectivity index (χ0v) is 18.8. The van der Waals surface area contributed by atoms with Crippen LogP contribution in [0.15, 0.2) is 59.5 Å². The highest BCUT2D eigenvalue weighted by atomic mass is 32.2. The molecule has 8 heteroatoms. The fourth-order valence-electron chi connectivity index (χ4n) is 3.89. The van der Waals surface area contributed by atoms with E-state index in [1.165, 1.54) is 4.31 Å². The molecule has 0 spiro atoms. The SMILES string of the molecule is BC(=O)N1[C@H](Cc2ccccc2)[C@H]1CN(CC(C)C)S(=O)(=O)c1ccc(OC)cc1. The lowest BCUT2D eigenvalue weighted by molar-refractivity contribution is 0.244. The van der Waals surface area contributed by atoms with Gasteiger partial charge in [0.15, 0.2) is 5.81 Å². The van der Waals surface area contributed by atoms with E-state index in [1.54, 1.807) is 44.1 Å². The van der Waals surface area contributed by atoms with E-state index in [-0.39, 0.29) is 28.7 Å². The molecule has 2 aromatic carbocycles. The Hall–Kier alpha value is -2.32. The van der Waals surface area contributed by atoms with Gasteiger partial charge in [0, 0.05) is 13.1 Å². The molecule has 1 aliphatic rings. The third-order valence-electron chi connectivity index (χ3n) is 5.38. The minimum Gasteiger partial charge on any atom is -0.497 e. The highest BCUT2D eigenvalue weighted by molar-refractivity contribution is 7.89. The summed E-state index contributed by atoms with van der Waals surface area (Å²) >= 11 is 0. The van der Waals surface area contributed by atoms with Gasteiger partial charge in [-0.3, -0.25) is 4.79 Å². The number of nitrogens with zero attached hydrogens (tertiary/aromatic N) is 2. The summed E-state index contributed by atoms with van der Waals surface area (Å²) in [6, 6.07) is 16.3. The number of ether oxygens (including phenoxy) is 1. The molecule has 30 heavy (non-hydrogen) atoms. The van der Waals surface area contributed by atoms with Crippen LogP contribution in [0.1, 0.15) is 19.4 Å². The van der Waals surface area contributed by atoms with Gasteiger partial charge in [-0.2, -0.15) is 4.31 Å². The molecule has 0 N–H and O–H groups in total. The van der Waals surface area contributed by atoms with Crippen LogP contribution < -0.4 is 4.74 Å². The van der Waals surface area contributed by atoms with Crippen molar-refractivity contribution in [3.63, 3.8) is 0 Å². The number of hydrogen-bond acceptors (Lipinski definition) is 4. The number of hydrogen-bond donors (Lipinski definition) is 0. The second-order valence-electron chi connectivity index (χ2n) is 8.14. The summed E-state index contributed by atoms with van der Waals surface area (Å²) in [5, 5.41) is 0. The van der Waals surface area contributed by atoms with Crippen LogP contribution in [0.25, 0.3) is 0 Å². The Morgan fingerprint density at radius 3 is 2.27 bits per heavy atom. The van der Waals surface area contributed by atoms with Crippen molar-refractivity contribution in [2.75, 3.05) is 20.2 Å². The maximum atomic E-state index is 13.4. The summed E-state index contributed by atoms with van der Waals surface area (Å²) in [6.45, 7) is 4.68. The molecule has 160 valence electrons. The molecule has 0 aliphatic carbocycles. The second kappa shape index (κ2) is 9.22. The van der Waals surface area contributed by atoms with Gasteiger partial charge in [0.25, 0.3) is 0 Å². The van der Waals surface area contributed by atoms with Crippen LogP contribution in [0.5, 0.6) is 5.75 Å². The van der Waals surface area contributed by atoms with Crippen LogP contribution >= 0.6 is 0 Å². The van der Waals surface area contributed by atoms with Crippen molar-refractivity contribution >= 4 is 23.7 Å². The summed E-state index contributed by atoms with van der Waals surface area (Å²) in [4.78, 5) is 14.2. The van der Waals surface area contributed by atoms with E-state index in [2.05, 4.69) is 0 Å². The Morgan fingerprint density at radius 2 is 1.73 bits per heavy atom. The van der Waals surface area contributed by atoms with Crippen LogP contribution in [0.2, 0.25) is 0 Å². The topological polar surface area (TPSA) is 66.7 Å². The lowest BCUT2D eigenvalue weighted by atomic mass is 10.1. The minimum atomic E-state index is -3.68. The molecule has 2 aromatic rings. The lowest BCUT2D eigenvalue weighted by Gasteiger charge is -2.24. The molecule has 0 radical (unpaired) electrons. The number of carbonyl (C=O) groups is 1. The van der Waals surface area contributed by atoms with E-state index < -0.39 is 10.0 Å². The molecule has 3 rings (SSSR count). The highest BCUT2D eigenvalue weighted by Gasteiger charge is 2.50.